The zero-order chi connectivity index (χ0) is 18.5. The van der Waals surface area contributed by atoms with Crippen LogP contribution in [0, 0.1) is 0 Å². The maximum absolute atomic E-state index is 11.1. The van der Waals surface area contributed by atoms with E-state index < -0.39 is 5.97 Å². The minimum Gasteiger partial charge on any atom is -0.481 e. The Labute approximate surface area is 157 Å². The van der Waals surface area contributed by atoms with Gasteiger partial charge < -0.3 is 5.11 Å². The Morgan fingerprint density at radius 3 is 2.19 bits per heavy atom. The standard InChI is InChI=1S/C22H33NO3/c24-22(25)17-16-20-14-10-5-3-1-2-4-6-11-15-21(20)23-26-18-19-12-8-7-9-13-19/h7-9,12-13,23H,1-6,10-11,14-18H2,(H,24,25). The van der Waals surface area contributed by atoms with Crippen LogP contribution in [-0.2, 0) is 16.2 Å². The van der Waals surface area contributed by atoms with Crippen LogP contribution in [0.2, 0.25) is 0 Å². The molecule has 0 saturated heterocycles. The van der Waals surface area contributed by atoms with Crippen LogP contribution in [0.25, 0.3) is 0 Å². The summed E-state index contributed by atoms with van der Waals surface area (Å²) in [6.45, 7) is 0.510. The molecule has 1 aromatic rings. The van der Waals surface area contributed by atoms with Crippen LogP contribution in [0.4, 0.5) is 0 Å². The van der Waals surface area contributed by atoms with Crippen LogP contribution >= 0.6 is 0 Å². The van der Waals surface area contributed by atoms with Gasteiger partial charge in [0.05, 0.1) is 6.61 Å². The van der Waals surface area contributed by atoms with Crippen molar-refractivity contribution in [3.63, 3.8) is 0 Å². The summed E-state index contributed by atoms with van der Waals surface area (Å²) in [5.41, 5.74) is 6.66. The van der Waals surface area contributed by atoms with Crippen molar-refractivity contribution < 1.29 is 14.7 Å². The maximum atomic E-state index is 11.1. The van der Waals surface area contributed by atoms with Gasteiger partial charge >= 0.3 is 5.97 Å². The van der Waals surface area contributed by atoms with Crippen LogP contribution in [0.1, 0.15) is 82.6 Å². The molecule has 0 amide bonds. The molecule has 2 rings (SSSR count). The molecule has 0 unspecified atom stereocenters. The lowest BCUT2D eigenvalue weighted by Crippen LogP contribution is -2.17. The van der Waals surface area contributed by atoms with Crippen LogP contribution in [0.3, 0.4) is 0 Å². The molecule has 0 bridgehead atoms. The van der Waals surface area contributed by atoms with Crippen LogP contribution in [-0.4, -0.2) is 11.1 Å². The lowest BCUT2D eigenvalue weighted by molar-refractivity contribution is -0.136. The van der Waals surface area contributed by atoms with Crippen molar-refractivity contribution in [3.8, 4) is 0 Å². The number of carboxylic acid groups (broad SMARTS) is 1. The van der Waals surface area contributed by atoms with E-state index in [1.54, 1.807) is 0 Å². The molecule has 0 aromatic heterocycles. The van der Waals surface area contributed by atoms with Crippen molar-refractivity contribution in [2.24, 2.45) is 0 Å². The Morgan fingerprint density at radius 2 is 1.54 bits per heavy atom. The smallest absolute Gasteiger partial charge is 0.303 e. The quantitative estimate of drug-likeness (QED) is 0.609. The number of carboxylic acids is 1. The number of hydroxylamine groups is 1. The highest BCUT2D eigenvalue weighted by Crippen LogP contribution is 2.24. The number of hydrogen-bond acceptors (Lipinski definition) is 3. The van der Waals surface area contributed by atoms with Crippen molar-refractivity contribution in [1.82, 2.24) is 5.48 Å². The van der Waals surface area contributed by atoms with Crippen molar-refractivity contribution in [2.75, 3.05) is 0 Å². The molecule has 1 aromatic carbocycles. The van der Waals surface area contributed by atoms with Gasteiger partial charge in [-0.15, -0.1) is 0 Å². The molecule has 2 N–H and O–H groups in total. The first-order valence-corrected chi connectivity index (χ1v) is 10.1. The molecule has 4 heteroatoms. The number of rotatable bonds is 7. The topological polar surface area (TPSA) is 58.6 Å². The largest absolute Gasteiger partial charge is 0.481 e. The third kappa shape index (κ3) is 8.52. The van der Waals surface area contributed by atoms with E-state index in [1.165, 1.54) is 44.1 Å². The van der Waals surface area contributed by atoms with Gasteiger partial charge in [-0.25, -0.2) is 0 Å². The fourth-order valence-electron chi connectivity index (χ4n) is 3.47. The second-order valence-corrected chi connectivity index (χ2v) is 7.18. The zero-order valence-electron chi connectivity index (χ0n) is 15.8. The minimum absolute atomic E-state index is 0.194. The molecule has 4 nitrogen and oxygen atoms in total. The summed E-state index contributed by atoms with van der Waals surface area (Å²) in [4.78, 5) is 16.8. The van der Waals surface area contributed by atoms with Crippen molar-refractivity contribution in [2.45, 2.75) is 83.7 Å². The second-order valence-electron chi connectivity index (χ2n) is 7.18. The van der Waals surface area contributed by atoms with Crippen LogP contribution in [0.5, 0.6) is 0 Å². The first kappa shape index (κ1) is 20.5. The lowest BCUT2D eigenvalue weighted by Gasteiger charge is -2.18. The molecular formula is C22H33NO3. The first-order valence-electron chi connectivity index (χ1n) is 10.1. The number of nitrogens with one attached hydrogen (secondary N) is 1. The highest BCUT2D eigenvalue weighted by Gasteiger charge is 2.11. The van der Waals surface area contributed by atoms with Gasteiger partial charge in [-0.1, -0.05) is 68.9 Å². The van der Waals surface area contributed by atoms with Gasteiger partial charge in [0.2, 0.25) is 0 Å². The minimum atomic E-state index is -0.729. The average Bonchev–Trinajstić information content (AvgIpc) is 2.63. The number of allylic oxidation sites excluding steroid dienone is 2. The number of aliphatic carboxylic acids is 1. The van der Waals surface area contributed by atoms with E-state index in [9.17, 15) is 4.79 Å². The monoisotopic (exact) mass is 359 g/mol. The van der Waals surface area contributed by atoms with E-state index in [0.29, 0.717) is 13.0 Å². The summed E-state index contributed by atoms with van der Waals surface area (Å²) < 4.78 is 0. The van der Waals surface area contributed by atoms with E-state index in [2.05, 4.69) is 5.48 Å². The van der Waals surface area contributed by atoms with Crippen molar-refractivity contribution in [3.05, 3.63) is 47.2 Å². The Hall–Kier alpha value is -1.81. The summed E-state index contributed by atoms with van der Waals surface area (Å²) in [5.74, 6) is -0.729. The predicted octanol–water partition coefficient (Wildman–Crippen LogP) is 5.74. The Bertz CT molecular complexity index is 554. The van der Waals surface area contributed by atoms with E-state index in [0.717, 1.165) is 36.9 Å². The Kier molecular flexibility index (Phi) is 9.88. The van der Waals surface area contributed by atoms with Gasteiger partial charge in [0.15, 0.2) is 0 Å². The van der Waals surface area contributed by atoms with E-state index in [1.807, 2.05) is 30.3 Å². The molecule has 0 aliphatic heterocycles. The summed E-state index contributed by atoms with van der Waals surface area (Å²) in [7, 11) is 0. The molecule has 0 heterocycles. The Morgan fingerprint density at radius 1 is 0.923 bits per heavy atom. The predicted molar refractivity (Wildman–Crippen MR) is 104 cm³/mol. The molecule has 144 valence electrons. The molecule has 26 heavy (non-hydrogen) atoms. The van der Waals surface area contributed by atoms with Crippen LogP contribution in [0.15, 0.2) is 41.6 Å². The summed E-state index contributed by atoms with van der Waals surface area (Å²) in [5, 5.41) is 9.09. The molecule has 0 spiro atoms. The van der Waals surface area contributed by atoms with E-state index >= 15 is 0 Å². The first-order chi connectivity index (χ1) is 12.8. The summed E-state index contributed by atoms with van der Waals surface area (Å²) >= 11 is 0. The Balaban J connectivity index is 2.00. The molecule has 0 fully saturated rings. The van der Waals surface area contributed by atoms with Crippen molar-refractivity contribution >= 4 is 5.97 Å². The van der Waals surface area contributed by atoms with Crippen molar-refractivity contribution in [1.29, 1.82) is 0 Å². The molecule has 1 aliphatic rings. The number of carbonyl (C=O) groups is 1. The van der Waals surface area contributed by atoms with Gasteiger partial charge in [-0.3, -0.25) is 15.1 Å². The van der Waals surface area contributed by atoms with Gasteiger partial charge in [-0.05, 0) is 43.2 Å². The second kappa shape index (κ2) is 12.5. The van der Waals surface area contributed by atoms with E-state index in [-0.39, 0.29) is 6.42 Å². The summed E-state index contributed by atoms with van der Waals surface area (Å²) in [6, 6.07) is 10.1. The third-order valence-electron chi connectivity index (χ3n) is 5.00. The average molecular weight is 360 g/mol. The number of benzene rings is 1. The molecule has 0 saturated carbocycles. The molecule has 0 radical (unpaired) electrons. The molecule has 0 atom stereocenters. The molecular weight excluding hydrogens is 326 g/mol. The SMILES string of the molecule is O=C(O)CCC1=C(NOCc2ccccc2)CCCCCCCCCC1. The normalized spacial score (nSPS) is 17.2. The van der Waals surface area contributed by atoms with E-state index in [4.69, 9.17) is 9.94 Å². The highest BCUT2D eigenvalue weighted by atomic mass is 16.6. The van der Waals surface area contributed by atoms with Gasteiger partial charge in [0, 0.05) is 12.1 Å². The summed E-state index contributed by atoms with van der Waals surface area (Å²) in [6.07, 6.45) is 12.7. The van der Waals surface area contributed by atoms with Gasteiger partial charge in [0.1, 0.15) is 0 Å². The lowest BCUT2D eigenvalue weighted by atomic mass is 9.96. The maximum Gasteiger partial charge on any atom is 0.303 e. The third-order valence-corrected chi connectivity index (χ3v) is 5.00. The fourth-order valence-corrected chi connectivity index (χ4v) is 3.47. The zero-order valence-corrected chi connectivity index (χ0v) is 15.8. The van der Waals surface area contributed by atoms with Gasteiger partial charge in [0.25, 0.3) is 0 Å². The number of hydrogen-bond donors (Lipinski definition) is 2. The van der Waals surface area contributed by atoms with Crippen LogP contribution < -0.4 is 5.48 Å². The molecule has 1 aliphatic carbocycles. The highest BCUT2D eigenvalue weighted by molar-refractivity contribution is 5.67. The fraction of sp³-hybridized carbons (Fsp3) is 0.591. The van der Waals surface area contributed by atoms with Gasteiger partial charge in [-0.2, -0.15) is 0 Å².